The summed E-state index contributed by atoms with van der Waals surface area (Å²) in [6.07, 6.45) is 7.89. The predicted octanol–water partition coefficient (Wildman–Crippen LogP) is 3.71. The first-order valence-electron chi connectivity index (χ1n) is 8.55. The first-order chi connectivity index (χ1) is 10.8. The van der Waals surface area contributed by atoms with Crippen LogP contribution in [-0.4, -0.2) is 41.0 Å². The van der Waals surface area contributed by atoms with Gasteiger partial charge in [0.25, 0.3) is 0 Å². The van der Waals surface area contributed by atoms with Crippen molar-refractivity contribution in [2.45, 2.75) is 46.0 Å². The molecular weight excluding hydrogens is 292 g/mol. The Morgan fingerprint density at radius 2 is 2.00 bits per heavy atom. The number of hydrogen-bond donors (Lipinski definition) is 1. The highest BCUT2D eigenvalue weighted by molar-refractivity contribution is 7.19. The zero-order chi connectivity index (χ0) is 15.4. The van der Waals surface area contributed by atoms with Crippen molar-refractivity contribution in [1.29, 1.82) is 0 Å². The number of hydrogen-bond acceptors (Lipinski definition) is 5. The molecule has 0 saturated heterocycles. The normalized spacial score (nSPS) is 14.5. The molecule has 2 heterocycles. The Morgan fingerprint density at radius 1 is 1.18 bits per heavy atom. The van der Waals surface area contributed by atoms with Crippen LogP contribution < -0.4 is 5.32 Å². The fourth-order valence-corrected chi connectivity index (χ4v) is 4.50. The molecule has 120 valence electrons. The molecule has 0 saturated carbocycles. The molecule has 5 heteroatoms. The van der Waals surface area contributed by atoms with Crippen LogP contribution in [0.5, 0.6) is 0 Å². The van der Waals surface area contributed by atoms with E-state index in [4.69, 9.17) is 0 Å². The van der Waals surface area contributed by atoms with E-state index in [1.807, 2.05) is 11.3 Å². The molecule has 3 rings (SSSR count). The van der Waals surface area contributed by atoms with Crippen molar-refractivity contribution in [2.24, 2.45) is 0 Å². The molecule has 0 radical (unpaired) electrons. The zero-order valence-electron chi connectivity index (χ0n) is 13.7. The Hall–Kier alpha value is -1.20. The van der Waals surface area contributed by atoms with Crippen LogP contribution in [0, 0.1) is 0 Å². The minimum atomic E-state index is 0.979. The molecule has 0 spiro atoms. The lowest BCUT2D eigenvalue weighted by Gasteiger charge is -2.18. The van der Waals surface area contributed by atoms with E-state index in [-0.39, 0.29) is 0 Å². The van der Waals surface area contributed by atoms with Gasteiger partial charge in [0, 0.05) is 11.4 Å². The van der Waals surface area contributed by atoms with Crippen LogP contribution in [-0.2, 0) is 12.8 Å². The van der Waals surface area contributed by atoms with Crippen LogP contribution in [0.2, 0.25) is 0 Å². The summed E-state index contributed by atoms with van der Waals surface area (Å²) < 4.78 is 0. The summed E-state index contributed by atoms with van der Waals surface area (Å²) in [4.78, 5) is 14.2. The van der Waals surface area contributed by atoms with E-state index in [2.05, 4.69) is 34.0 Å². The first-order valence-corrected chi connectivity index (χ1v) is 9.36. The minimum absolute atomic E-state index is 0.979. The standard InChI is InChI=1S/C17H26N4S/c1-3-21(4-2)11-7-10-18-16-15-13-8-5-6-9-14(13)22-17(15)20-12-19-16/h12H,3-11H2,1-2H3,(H,18,19,20). The van der Waals surface area contributed by atoms with Crippen LogP contribution in [0.4, 0.5) is 5.82 Å². The third-order valence-corrected chi connectivity index (χ3v) is 5.79. The van der Waals surface area contributed by atoms with E-state index < -0.39 is 0 Å². The molecule has 2 aromatic heterocycles. The van der Waals surface area contributed by atoms with Gasteiger partial charge in [-0.1, -0.05) is 13.8 Å². The Bertz CT molecular complexity index is 618. The lowest BCUT2D eigenvalue weighted by Crippen LogP contribution is -2.25. The van der Waals surface area contributed by atoms with E-state index in [1.54, 1.807) is 6.33 Å². The maximum Gasteiger partial charge on any atom is 0.138 e. The quantitative estimate of drug-likeness (QED) is 0.790. The third-order valence-electron chi connectivity index (χ3n) is 4.59. The molecule has 0 unspecified atom stereocenters. The molecule has 0 bridgehead atoms. The molecular formula is C17H26N4S. The van der Waals surface area contributed by atoms with Crippen molar-refractivity contribution in [3.8, 4) is 0 Å². The van der Waals surface area contributed by atoms with Gasteiger partial charge in [-0.2, -0.15) is 0 Å². The number of aryl methyl sites for hydroxylation is 2. The number of anilines is 1. The largest absolute Gasteiger partial charge is 0.369 e. The summed E-state index contributed by atoms with van der Waals surface area (Å²) >= 11 is 1.87. The highest BCUT2D eigenvalue weighted by atomic mass is 32.1. The summed E-state index contributed by atoms with van der Waals surface area (Å²) in [5, 5.41) is 4.85. The monoisotopic (exact) mass is 318 g/mol. The second-order valence-corrected chi connectivity index (χ2v) is 7.00. The number of nitrogens with one attached hydrogen (secondary N) is 1. The van der Waals surface area contributed by atoms with Gasteiger partial charge in [0.05, 0.1) is 5.39 Å². The van der Waals surface area contributed by atoms with Gasteiger partial charge in [-0.05, 0) is 57.3 Å². The van der Waals surface area contributed by atoms with Crippen LogP contribution in [0.25, 0.3) is 10.2 Å². The Kier molecular flexibility index (Phi) is 5.26. The molecule has 0 fully saturated rings. The summed E-state index contributed by atoms with van der Waals surface area (Å²) in [6, 6.07) is 0. The molecule has 0 atom stereocenters. The highest BCUT2D eigenvalue weighted by Crippen LogP contribution is 2.37. The molecule has 1 aliphatic rings. The molecule has 0 amide bonds. The van der Waals surface area contributed by atoms with Gasteiger partial charge in [-0.3, -0.25) is 0 Å². The van der Waals surface area contributed by atoms with E-state index in [9.17, 15) is 0 Å². The fourth-order valence-electron chi connectivity index (χ4n) is 3.27. The Morgan fingerprint density at radius 3 is 2.82 bits per heavy atom. The molecule has 0 aromatic carbocycles. The van der Waals surface area contributed by atoms with Crippen LogP contribution in [0.1, 0.15) is 43.6 Å². The third kappa shape index (κ3) is 3.25. The van der Waals surface area contributed by atoms with E-state index in [0.29, 0.717) is 0 Å². The van der Waals surface area contributed by atoms with Crippen molar-refractivity contribution >= 4 is 27.4 Å². The van der Waals surface area contributed by atoms with Gasteiger partial charge in [-0.15, -0.1) is 11.3 Å². The fraction of sp³-hybridized carbons (Fsp3) is 0.647. The SMILES string of the molecule is CCN(CC)CCCNc1ncnc2sc3c(c12)CCCC3. The second-order valence-electron chi connectivity index (χ2n) is 5.92. The summed E-state index contributed by atoms with van der Waals surface area (Å²) in [5.74, 6) is 1.05. The van der Waals surface area contributed by atoms with Gasteiger partial charge < -0.3 is 10.2 Å². The van der Waals surface area contributed by atoms with Crippen molar-refractivity contribution in [2.75, 3.05) is 31.5 Å². The highest BCUT2D eigenvalue weighted by Gasteiger charge is 2.19. The zero-order valence-corrected chi connectivity index (χ0v) is 14.5. The number of thiophene rings is 1. The number of rotatable bonds is 7. The van der Waals surface area contributed by atoms with E-state index in [1.165, 1.54) is 41.5 Å². The van der Waals surface area contributed by atoms with E-state index in [0.717, 1.165) is 43.2 Å². The maximum atomic E-state index is 4.52. The Balaban J connectivity index is 1.70. The van der Waals surface area contributed by atoms with E-state index >= 15 is 0 Å². The van der Waals surface area contributed by atoms with Crippen molar-refractivity contribution in [3.63, 3.8) is 0 Å². The first kappa shape index (κ1) is 15.7. The van der Waals surface area contributed by atoms with Gasteiger partial charge in [0.1, 0.15) is 17.0 Å². The van der Waals surface area contributed by atoms with Gasteiger partial charge in [0.2, 0.25) is 0 Å². The molecule has 2 aromatic rings. The molecule has 1 N–H and O–H groups in total. The molecule has 1 aliphatic carbocycles. The number of aromatic nitrogens is 2. The summed E-state index contributed by atoms with van der Waals surface area (Å²) in [6.45, 7) is 8.84. The van der Waals surface area contributed by atoms with Gasteiger partial charge in [-0.25, -0.2) is 9.97 Å². The molecule has 22 heavy (non-hydrogen) atoms. The number of fused-ring (bicyclic) bond motifs is 3. The second kappa shape index (κ2) is 7.38. The minimum Gasteiger partial charge on any atom is -0.369 e. The summed E-state index contributed by atoms with van der Waals surface area (Å²) in [7, 11) is 0. The van der Waals surface area contributed by atoms with Crippen molar-refractivity contribution in [3.05, 3.63) is 16.8 Å². The molecule has 4 nitrogen and oxygen atoms in total. The lowest BCUT2D eigenvalue weighted by molar-refractivity contribution is 0.303. The smallest absolute Gasteiger partial charge is 0.138 e. The molecule has 0 aliphatic heterocycles. The average Bonchev–Trinajstić information content (AvgIpc) is 2.94. The van der Waals surface area contributed by atoms with Gasteiger partial charge >= 0.3 is 0 Å². The topological polar surface area (TPSA) is 41.0 Å². The Labute approximate surface area is 137 Å². The number of nitrogens with zero attached hydrogens (tertiary/aromatic N) is 3. The van der Waals surface area contributed by atoms with Gasteiger partial charge in [0.15, 0.2) is 0 Å². The lowest BCUT2D eigenvalue weighted by atomic mass is 9.97. The van der Waals surface area contributed by atoms with Crippen LogP contribution in [0.15, 0.2) is 6.33 Å². The maximum absolute atomic E-state index is 4.52. The van der Waals surface area contributed by atoms with Crippen molar-refractivity contribution < 1.29 is 0 Å². The van der Waals surface area contributed by atoms with Crippen molar-refractivity contribution in [1.82, 2.24) is 14.9 Å². The summed E-state index contributed by atoms with van der Waals surface area (Å²) in [5.41, 5.74) is 1.51. The van der Waals surface area contributed by atoms with Crippen LogP contribution >= 0.6 is 11.3 Å². The predicted molar refractivity (Wildman–Crippen MR) is 95.0 cm³/mol. The van der Waals surface area contributed by atoms with Crippen LogP contribution in [0.3, 0.4) is 0 Å². The average molecular weight is 318 g/mol.